The first kappa shape index (κ1) is 13.1. The predicted molar refractivity (Wildman–Crippen MR) is 74.6 cm³/mol. The van der Waals surface area contributed by atoms with E-state index in [-0.39, 0.29) is 11.9 Å². The third-order valence-corrected chi connectivity index (χ3v) is 2.86. The molecule has 3 N–H and O–H groups in total. The standard InChI is InChI=1S/C15H17NO3/c1-10(14-9-11(16)3-8-15(14)17)19-13-6-4-12(18-2)5-7-13/h3-10,17H,16H2,1-2H3. The minimum absolute atomic E-state index is 0.176. The highest BCUT2D eigenvalue weighted by Crippen LogP contribution is 2.30. The monoisotopic (exact) mass is 259 g/mol. The number of methoxy groups -OCH3 is 1. The molecular formula is C15H17NO3. The highest BCUT2D eigenvalue weighted by atomic mass is 16.5. The first-order valence-corrected chi connectivity index (χ1v) is 5.99. The third kappa shape index (κ3) is 3.10. The Morgan fingerprint density at radius 1 is 1.05 bits per heavy atom. The van der Waals surface area contributed by atoms with E-state index in [0.29, 0.717) is 17.0 Å². The van der Waals surface area contributed by atoms with Crippen LogP contribution in [-0.4, -0.2) is 12.2 Å². The lowest BCUT2D eigenvalue weighted by Gasteiger charge is -2.17. The van der Waals surface area contributed by atoms with Gasteiger partial charge >= 0.3 is 0 Å². The Balaban J connectivity index is 2.15. The summed E-state index contributed by atoms with van der Waals surface area (Å²) in [6.45, 7) is 1.86. The van der Waals surface area contributed by atoms with Gasteiger partial charge in [-0.1, -0.05) is 0 Å². The molecule has 4 nitrogen and oxygen atoms in total. The summed E-state index contributed by atoms with van der Waals surface area (Å²) in [6.07, 6.45) is -0.295. The van der Waals surface area contributed by atoms with Gasteiger partial charge < -0.3 is 20.3 Å². The predicted octanol–water partition coefficient (Wildman–Crippen LogP) is 3.12. The molecule has 1 unspecified atom stereocenters. The van der Waals surface area contributed by atoms with E-state index in [1.54, 1.807) is 25.3 Å². The summed E-state index contributed by atoms with van der Waals surface area (Å²) in [6, 6.07) is 12.2. The summed E-state index contributed by atoms with van der Waals surface area (Å²) in [5.41, 5.74) is 6.97. The van der Waals surface area contributed by atoms with Gasteiger partial charge in [-0.15, -0.1) is 0 Å². The van der Waals surface area contributed by atoms with E-state index in [1.807, 2.05) is 31.2 Å². The molecule has 0 heterocycles. The summed E-state index contributed by atoms with van der Waals surface area (Å²) in [5.74, 6) is 1.65. The Bertz CT molecular complexity index is 552. The number of rotatable bonds is 4. The lowest BCUT2D eigenvalue weighted by Crippen LogP contribution is -2.04. The number of aromatic hydroxyl groups is 1. The molecule has 1 atom stereocenters. The van der Waals surface area contributed by atoms with Crippen LogP contribution in [0.4, 0.5) is 5.69 Å². The second-order valence-corrected chi connectivity index (χ2v) is 4.25. The minimum Gasteiger partial charge on any atom is -0.508 e. The Kier molecular flexibility index (Phi) is 3.80. The number of nitrogen functional groups attached to an aromatic ring is 1. The molecule has 2 rings (SSSR count). The van der Waals surface area contributed by atoms with E-state index in [1.165, 1.54) is 0 Å². The Hall–Kier alpha value is -2.36. The molecule has 2 aromatic rings. The normalized spacial score (nSPS) is 11.9. The topological polar surface area (TPSA) is 64.7 Å². The van der Waals surface area contributed by atoms with Crippen LogP contribution < -0.4 is 15.2 Å². The molecule has 0 spiro atoms. The van der Waals surface area contributed by atoms with E-state index < -0.39 is 0 Å². The number of ether oxygens (including phenoxy) is 2. The summed E-state index contributed by atoms with van der Waals surface area (Å²) < 4.78 is 10.8. The van der Waals surface area contributed by atoms with Gasteiger partial charge in [0.2, 0.25) is 0 Å². The number of anilines is 1. The van der Waals surface area contributed by atoms with Gasteiger partial charge in [-0.25, -0.2) is 0 Å². The fraction of sp³-hybridized carbons (Fsp3) is 0.200. The number of hydrogen-bond acceptors (Lipinski definition) is 4. The molecule has 0 saturated heterocycles. The van der Waals surface area contributed by atoms with Crippen LogP contribution in [0.2, 0.25) is 0 Å². The highest BCUT2D eigenvalue weighted by Gasteiger charge is 2.12. The van der Waals surface area contributed by atoms with Crippen molar-refractivity contribution in [2.75, 3.05) is 12.8 Å². The summed E-state index contributed by atoms with van der Waals surface area (Å²) in [5, 5.41) is 9.81. The van der Waals surface area contributed by atoms with Crippen molar-refractivity contribution in [1.82, 2.24) is 0 Å². The molecule has 4 heteroatoms. The summed E-state index contributed by atoms with van der Waals surface area (Å²) >= 11 is 0. The van der Waals surface area contributed by atoms with Crippen molar-refractivity contribution in [1.29, 1.82) is 0 Å². The first-order valence-electron chi connectivity index (χ1n) is 5.99. The molecule has 0 radical (unpaired) electrons. The average Bonchev–Trinajstić information content (AvgIpc) is 2.42. The molecule has 0 amide bonds. The van der Waals surface area contributed by atoms with Crippen molar-refractivity contribution < 1.29 is 14.6 Å². The van der Waals surface area contributed by atoms with E-state index in [2.05, 4.69) is 0 Å². The van der Waals surface area contributed by atoms with Crippen LogP contribution in [0, 0.1) is 0 Å². The highest BCUT2D eigenvalue weighted by molar-refractivity contribution is 5.48. The van der Waals surface area contributed by atoms with Crippen LogP contribution in [0.5, 0.6) is 17.2 Å². The van der Waals surface area contributed by atoms with Crippen LogP contribution in [0.1, 0.15) is 18.6 Å². The third-order valence-electron chi connectivity index (χ3n) is 2.86. The number of phenolic OH excluding ortho intramolecular Hbond substituents is 1. The second kappa shape index (κ2) is 5.52. The number of hydrogen-bond donors (Lipinski definition) is 2. The lowest BCUT2D eigenvalue weighted by molar-refractivity contribution is 0.222. The van der Waals surface area contributed by atoms with E-state index >= 15 is 0 Å². The van der Waals surface area contributed by atoms with Gasteiger partial charge in [-0.05, 0) is 49.4 Å². The molecule has 19 heavy (non-hydrogen) atoms. The van der Waals surface area contributed by atoms with Crippen molar-refractivity contribution in [2.24, 2.45) is 0 Å². The minimum atomic E-state index is -0.295. The maximum absolute atomic E-state index is 9.81. The molecule has 0 aliphatic carbocycles. The smallest absolute Gasteiger partial charge is 0.125 e. The van der Waals surface area contributed by atoms with Gasteiger partial charge in [0.1, 0.15) is 23.4 Å². The molecule has 0 fully saturated rings. The number of nitrogens with two attached hydrogens (primary N) is 1. The van der Waals surface area contributed by atoms with Crippen LogP contribution in [0.25, 0.3) is 0 Å². The quantitative estimate of drug-likeness (QED) is 0.654. The molecule has 2 aromatic carbocycles. The van der Waals surface area contributed by atoms with Crippen LogP contribution >= 0.6 is 0 Å². The van der Waals surface area contributed by atoms with Gasteiger partial charge in [-0.3, -0.25) is 0 Å². The molecule has 100 valence electrons. The van der Waals surface area contributed by atoms with Crippen molar-refractivity contribution in [3.8, 4) is 17.2 Å². The zero-order chi connectivity index (χ0) is 13.8. The SMILES string of the molecule is COc1ccc(OC(C)c2cc(N)ccc2O)cc1. The Labute approximate surface area is 112 Å². The summed E-state index contributed by atoms with van der Waals surface area (Å²) in [4.78, 5) is 0. The van der Waals surface area contributed by atoms with Crippen molar-refractivity contribution >= 4 is 5.69 Å². The average molecular weight is 259 g/mol. The van der Waals surface area contributed by atoms with Crippen LogP contribution in [0.15, 0.2) is 42.5 Å². The zero-order valence-corrected chi connectivity index (χ0v) is 11.0. The molecule has 0 aromatic heterocycles. The fourth-order valence-electron chi connectivity index (χ4n) is 1.82. The summed E-state index contributed by atoms with van der Waals surface area (Å²) in [7, 11) is 1.61. The largest absolute Gasteiger partial charge is 0.508 e. The van der Waals surface area contributed by atoms with Gasteiger partial charge in [-0.2, -0.15) is 0 Å². The van der Waals surface area contributed by atoms with Crippen molar-refractivity contribution in [2.45, 2.75) is 13.0 Å². The van der Waals surface area contributed by atoms with Crippen LogP contribution in [-0.2, 0) is 0 Å². The van der Waals surface area contributed by atoms with Gasteiger partial charge in [0, 0.05) is 11.3 Å². The van der Waals surface area contributed by atoms with Gasteiger partial charge in [0.15, 0.2) is 0 Å². The fourth-order valence-corrected chi connectivity index (χ4v) is 1.82. The zero-order valence-electron chi connectivity index (χ0n) is 11.0. The first-order chi connectivity index (χ1) is 9.10. The molecular weight excluding hydrogens is 242 g/mol. The molecule has 0 bridgehead atoms. The van der Waals surface area contributed by atoms with Gasteiger partial charge in [0.25, 0.3) is 0 Å². The molecule has 0 aliphatic rings. The van der Waals surface area contributed by atoms with E-state index in [9.17, 15) is 5.11 Å². The molecule has 0 aliphatic heterocycles. The second-order valence-electron chi connectivity index (χ2n) is 4.25. The van der Waals surface area contributed by atoms with E-state index in [4.69, 9.17) is 15.2 Å². The number of benzene rings is 2. The van der Waals surface area contributed by atoms with E-state index in [0.717, 1.165) is 5.75 Å². The molecule has 0 saturated carbocycles. The Morgan fingerprint density at radius 3 is 2.32 bits per heavy atom. The van der Waals surface area contributed by atoms with Crippen molar-refractivity contribution in [3.63, 3.8) is 0 Å². The maximum Gasteiger partial charge on any atom is 0.125 e. The van der Waals surface area contributed by atoms with Crippen LogP contribution in [0.3, 0.4) is 0 Å². The van der Waals surface area contributed by atoms with Crippen molar-refractivity contribution in [3.05, 3.63) is 48.0 Å². The Morgan fingerprint density at radius 2 is 1.68 bits per heavy atom. The lowest BCUT2D eigenvalue weighted by atomic mass is 10.1. The number of phenols is 1. The maximum atomic E-state index is 9.81. The van der Waals surface area contributed by atoms with Gasteiger partial charge in [0.05, 0.1) is 7.11 Å².